The number of aliphatic carboxylic acids is 2. The molecular weight excluding hydrogens is 1140 g/mol. The summed E-state index contributed by atoms with van der Waals surface area (Å²) < 4.78 is 59.7. The molecule has 4 N–H and O–H groups in total. The van der Waals surface area contributed by atoms with Crippen LogP contribution in [0.5, 0.6) is 46.0 Å². The number of aromatic nitrogens is 2. The van der Waals surface area contributed by atoms with E-state index in [0.717, 1.165) is 0 Å². The number of anilines is 4. The van der Waals surface area contributed by atoms with Crippen LogP contribution >= 0.6 is 23.2 Å². The minimum Gasteiger partial charge on any atom is -0.546 e. The molecule has 8 aromatic rings. The zero-order valence-corrected chi connectivity index (χ0v) is 46.7. The van der Waals surface area contributed by atoms with Gasteiger partial charge in [0.2, 0.25) is 23.6 Å². The molecular formula is C58H44Cl2F2MgN6O14. The van der Waals surface area contributed by atoms with E-state index in [1.807, 2.05) is 0 Å². The van der Waals surface area contributed by atoms with Gasteiger partial charge in [0.25, 0.3) is 0 Å². The SMILES string of the molecule is COc1cc2c(Oc3cccc(NC(=O)C4(C(=O)Nc5ccc(F)cc5)CC4)c3Cl)ccnc2cc1OCC(=O)[O-].COc1cc2c(Oc3cccc(NC(=O)C4(C(=O)Nc5ccc(F)cc5)CC4)c3Cl)ccnc2cc1OCC(=O)[O-].[Mg+2]. The van der Waals surface area contributed by atoms with Gasteiger partial charge in [-0.1, -0.05) is 35.3 Å². The van der Waals surface area contributed by atoms with Crippen molar-refractivity contribution in [1.29, 1.82) is 0 Å². The van der Waals surface area contributed by atoms with Gasteiger partial charge in [0, 0.05) is 46.7 Å². The summed E-state index contributed by atoms with van der Waals surface area (Å²) in [4.78, 5) is 82.3. The molecule has 2 fully saturated rings. The number of carboxylic acid groups (broad SMARTS) is 2. The van der Waals surface area contributed by atoms with Gasteiger partial charge in [-0.2, -0.15) is 0 Å². The monoisotopic (exact) mass is 1180 g/mol. The normalized spacial score (nSPS) is 13.1. The number of hydrogen-bond donors (Lipinski definition) is 4. The predicted octanol–water partition coefficient (Wildman–Crippen LogP) is 8.25. The summed E-state index contributed by atoms with van der Waals surface area (Å²) in [7, 11) is 2.80. The Bertz CT molecular complexity index is 3570. The molecule has 0 atom stereocenters. The average molecular weight is 1180 g/mol. The van der Waals surface area contributed by atoms with Gasteiger partial charge in [0.05, 0.1) is 48.6 Å². The van der Waals surface area contributed by atoms with Crippen LogP contribution in [0.1, 0.15) is 25.7 Å². The minimum absolute atomic E-state index is 0. The molecule has 2 aliphatic rings. The van der Waals surface area contributed by atoms with Gasteiger partial charge in [-0.05, 0) is 123 Å². The van der Waals surface area contributed by atoms with Gasteiger partial charge in [-0.3, -0.25) is 29.1 Å². The average Bonchev–Trinajstić information content (AvgIpc) is 4.54. The molecule has 0 aliphatic heterocycles. The number of pyridine rings is 2. The van der Waals surface area contributed by atoms with E-state index < -0.39 is 71.2 Å². The summed E-state index contributed by atoms with van der Waals surface area (Å²) in [6.07, 6.45) is 4.36. The third kappa shape index (κ3) is 13.8. The number of amides is 4. The molecule has 2 aliphatic carbocycles. The number of ether oxygens (including phenoxy) is 6. The second-order valence-corrected chi connectivity index (χ2v) is 19.2. The van der Waals surface area contributed by atoms with Crippen LogP contribution in [0.25, 0.3) is 21.8 Å². The number of halogens is 4. The first-order valence-corrected chi connectivity index (χ1v) is 25.4. The zero-order valence-electron chi connectivity index (χ0n) is 43.8. The Morgan fingerprint density at radius 3 is 1.19 bits per heavy atom. The maximum atomic E-state index is 13.2. The summed E-state index contributed by atoms with van der Waals surface area (Å²) in [6, 6.07) is 29.5. The third-order valence-electron chi connectivity index (χ3n) is 13.0. The Labute approximate surface area is 496 Å². The van der Waals surface area contributed by atoms with Crippen LogP contribution in [0, 0.1) is 22.5 Å². The van der Waals surface area contributed by atoms with Gasteiger partial charge in [0.15, 0.2) is 23.0 Å². The molecule has 6 aromatic carbocycles. The summed E-state index contributed by atoms with van der Waals surface area (Å²) in [6.45, 7) is -1.33. The maximum absolute atomic E-state index is 13.2. The molecule has 0 unspecified atom stereocenters. The van der Waals surface area contributed by atoms with Crippen molar-refractivity contribution in [3.05, 3.63) is 155 Å². The molecule has 20 nitrogen and oxygen atoms in total. The van der Waals surface area contributed by atoms with Crippen molar-refractivity contribution in [1.82, 2.24) is 9.97 Å². The van der Waals surface area contributed by atoms with Crippen molar-refractivity contribution >= 4 is 126 Å². The molecule has 2 aromatic heterocycles. The molecule has 0 saturated heterocycles. The second kappa shape index (κ2) is 25.8. The van der Waals surface area contributed by atoms with Crippen LogP contribution in [0.15, 0.2) is 134 Å². The standard InChI is InChI=1S/2C29H23ClFN3O7.Mg/c2*1-39-23-13-18-20(14-24(23)40-15-25(35)36)32-12-9-21(18)41-22-4-2-3-19(26(22)30)34-28(38)29(10-11-29)27(37)33-17-7-5-16(31)6-8-17;/h2*2-9,12-14H,10-11,15H2,1H3,(H,33,37)(H,34,38)(H,35,36);/q;;+2/p-2. The summed E-state index contributed by atoms with van der Waals surface area (Å²) in [5.41, 5.74) is -0.454. The number of hydrogen-bond acceptors (Lipinski definition) is 16. The Hall–Kier alpha value is -9.03. The van der Waals surface area contributed by atoms with Crippen molar-refractivity contribution in [3.8, 4) is 46.0 Å². The van der Waals surface area contributed by atoms with Gasteiger partial charge in [-0.15, -0.1) is 0 Å². The van der Waals surface area contributed by atoms with Crippen molar-refractivity contribution in [2.24, 2.45) is 10.8 Å². The minimum atomic E-state index is -1.39. The van der Waals surface area contributed by atoms with Crippen LogP contribution in [-0.4, -0.2) is 96.0 Å². The Morgan fingerprint density at radius 2 is 0.855 bits per heavy atom. The van der Waals surface area contributed by atoms with Crippen molar-refractivity contribution in [2.45, 2.75) is 25.7 Å². The Balaban J connectivity index is 0.000000214. The van der Waals surface area contributed by atoms with E-state index in [2.05, 4.69) is 31.2 Å². The number of benzene rings is 6. The van der Waals surface area contributed by atoms with Crippen LogP contribution in [0.2, 0.25) is 10.0 Å². The summed E-state index contributed by atoms with van der Waals surface area (Å²) in [5.74, 6) is -3.76. The number of nitrogens with zero attached hydrogens (tertiary/aromatic N) is 2. The first-order chi connectivity index (χ1) is 39.4. The first-order valence-electron chi connectivity index (χ1n) is 24.7. The number of carbonyl (C=O) groups excluding carboxylic acids is 6. The fraction of sp³-hybridized carbons (Fsp3) is 0.172. The smallest absolute Gasteiger partial charge is 0.546 e. The van der Waals surface area contributed by atoms with E-state index in [9.17, 15) is 47.8 Å². The van der Waals surface area contributed by atoms with E-state index in [1.54, 1.807) is 60.7 Å². The number of nitrogens with one attached hydrogen (secondary N) is 4. The van der Waals surface area contributed by atoms with Gasteiger partial charge >= 0.3 is 23.1 Å². The number of methoxy groups -OCH3 is 2. The van der Waals surface area contributed by atoms with Gasteiger partial charge in [-0.25, -0.2) is 8.78 Å². The van der Waals surface area contributed by atoms with Crippen LogP contribution in [0.3, 0.4) is 0 Å². The molecule has 0 radical (unpaired) electrons. The van der Waals surface area contributed by atoms with Gasteiger partial charge < -0.3 is 69.5 Å². The molecule has 83 heavy (non-hydrogen) atoms. The fourth-order valence-electron chi connectivity index (χ4n) is 8.28. The van der Waals surface area contributed by atoms with Crippen LogP contribution in [-0.2, 0) is 28.8 Å². The number of carbonyl (C=O) groups is 6. The van der Waals surface area contributed by atoms with Crippen LogP contribution < -0.4 is 59.9 Å². The summed E-state index contributed by atoms with van der Waals surface area (Å²) >= 11 is 13.2. The quantitative estimate of drug-likeness (QED) is 0.0413. The number of rotatable bonds is 20. The molecule has 420 valence electrons. The fourth-order valence-corrected chi connectivity index (χ4v) is 8.70. The maximum Gasteiger partial charge on any atom is 2.00 e. The number of carboxylic acids is 2. The molecule has 2 saturated carbocycles. The predicted molar refractivity (Wildman–Crippen MR) is 297 cm³/mol. The summed E-state index contributed by atoms with van der Waals surface area (Å²) in [5, 5.41) is 33.6. The molecule has 25 heteroatoms. The zero-order chi connectivity index (χ0) is 58.3. The Kier molecular flexibility index (Phi) is 18.7. The third-order valence-corrected chi connectivity index (χ3v) is 13.8. The molecule has 4 amide bonds. The van der Waals surface area contributed by atoms with Gasteiger partial charge in [0.1, 0.15) is 68.7 Å². The van der Waals surface area contributed by atoms with Crippen molar-refractivity contribution in [3.63, 3.8) is 0 Å². The number of fused-ring (bicyclic) bond motifs is 2. The Morgan fingerprint density at radius 1 is 0.494 bits per heavy atom. The van der Waals surface area contributed by atoms with Crippen molar-refractivity contribution in [2.75, 3.05) is 48.7 Å². The van der Waals surface area contributed by atoms with E-state index in [1.165, 1.54) is 87.3 Å². The first kappa shape index (κ1) is 60.1. The molecule has 2 heterocycles. The molecule has 0 spiro atoms. The second-order valence-electron chi connectivity index (χ2n) is 18.4. The topological polar surface area (TPSA) is 278 Å². The largest absolute Gasteiger partial charge is 2.00 e. The molecule has 0 bridgehead atoms. The van der Waals surface area contributed by atoms with E-state index >= 15 is 0 Å². The van der Waals surface area contributed by atoms with Crippen LogP contribution in [0.4, 0.5) is 31.5 Å². The molecule has 10 rings (SSSR count). The van der Waals surface area contributed by atoms with E-state index in [0.29, 0.717) is 70.4 Å². The van der Waals surface area contributed by atoms with E-state index in [4.69, 9.17) is 51.6 Å². The van der Waals surface area contributed by atoms with Crippen molar-refractivity contribution < 1.29 is 76.2 Å². The van der Waals surface area contributed by atoms with E-state index in [-0.39, 0.29) is 79.0 Å².